The van der Waals surface area contributed by atoms with Gasteiger partial charge in [-0.15, -0.1) is 11.3 Å². The summed E-state index contributed by atoms with van der Waals surface area (Å²) in [6.07, 6.45) is 1.91. The highest BCUT2D eigenvalue weighted by molar-refractivity contribution is 7.23. The van der Waals surface area contributed by atoms with Crippen LogP contribution < -0.4 is 4.90 Å². The number of aryl methyl sites for hydroxylation is 1. The fourth-order valence-corrected chi connectivity index (χ4v) is 2.94. The van der Waals surface area contributed by atoms with E-state index in [0.717, 1.165) is 27.3 Å². The highest BCUT2D eigenvalue weighted by Gasteiger charge is 2.09. The van der Waals surface area contributed by atoms with Crippen molar-refractivity contribution in [2.24, 2.45) is 0 Å². The van der Waals surface area contributed by atoms with Crippen LogP contribution in [0.25, 0.3) is 9.88 Å². The van der Waals surface area contributed by atoms with Crippen molar-refractivity contribution >= 4 is 27.8 Å². The molecule has 15 heavy (non-hydrogen) atoms. The summed E-state index contributed by atoms with van der Waals surface area (Å²) in [7, 11) is 2.05. The number of anilines is 1. The Hall–Kier alpha value is -0.940. The van der Waals surface area contributed by atoms with Crippen LogP contribution in [0.2, 0.25) is 0 Å². The van der Waals surface area contributed by atoms with E-state index >= 15 is 0 Å². The third-order valence-electron chi connectivity index (χ3n) is 2.12. The summed E-state index contributed by atoms with van der Waals surface area (Å²) in [6, 6.07) is 0. The van der Waals surface area contributed by atoms with Crippen molar-refractivity contribution in [1.82, 2.24) is 9.97 Å². The predicted molar refractivity (Wildman–Crippen MR) is 66.9 cm³/mol. The molecule has 0 aliphatic rings. The molecule has 0 fully saturated rings. The Morgan fingerprint density at radius 3 is 2.87 bits per heavy atom. The molecule has 0 aliphatic carbocycles. The summed E-state index contributed by atoms with van der Waals surface area (Å²) in [5, 5.41) is 4.19. The van der Waals surface area contributed by atoms with Crippen LogP contribution in [0.1, 0.15) is 12.6 Å². The number of aromatic nitrogens is 2. The summed E-state index contributed by atoms with van der Waals surface area (Å²) in [5.41, 5.74) is 1.08. The van der Waals surface area contributed by atoms with E-state index in [4.69, 9.17) is 0 Å². The molecule has 3 nitrogen and oxygen atoms in total. The van der Waals surface area contributed by atoms with E-state index in [1.54, 1.807) is 22.7 Å². The predicted octanol–water partition coefficient (Wildman–Crippen LogP) is 3.03. The first-order valence-electron chi connectivity index (χ1n) is 4.80. The molecule has 2 rings (SSSR count). The first-order valence-corrected chi connectivity index (χ1v) is 6.49. The second-order valence-electron chi connectivity index (χ2n) is 3.32. The van der Waals surface area contributed by atoms with Gasteiger partial charge >= 0.3 is 0 Å². The average Bonchev–Trinajstić information content (AvgIpc) is 2.84. The van der Waals surface area contributed by atoms with Gasteiger partial charge in [0.1, 0.15) is 5.01 Å². The van der Waals surface area contributed by atoms with Gasteiger partial charge in [0.25, 0.3) is 0 Å². The zero-order valence-corrected chi connectivity index (χ0v) is 10.7. The van der Waals surface area contributed by atoms with Gasteiger partial charge in [0, 0.05) is 24.7 Å². The van der Waals surface area contributed by atoms with Crippen molar-refractivity contribution in [2.45, 2.75) is 13.8 Å². The lowest BCUT2D eigenvalue weighted by Crippen LogP contribution is -2.14. The third kappa shape index (κ3) is 2.18. The van der Waals surface area contributed by atoms with Crippen LogP contribution in [-0.4, -0.2) is 23.6 Å². The molecule has 0 saturated carbocycles. The van der Waals surface area contributed by atoms with Crippen molar-refractivity contribution in [3.63, 3.8) is 0 Å². The molecule has 0 unspecified atom stereocenters. The van der Waals surface area contributed by atoms with Gasteiger partial charge in [0.15, 0.2) is 5.13 Å². The van der Waals surface area contributed by atoms with E-state index in [0.29, 0.717) is 0 Å². The molecule has 0 aliphatic heterocycles. The van der Waals surface area contributed by atoms with Crippen molar-refractivity contribution in [2.75, 3.05) is 18.5 Å². The van der Waals surface area contributed by atoms with E-state index in [-0.39, 0.29) is 0 Å². The Bertz CT molecular complexity index is 447. The van der Waals surface area contributed by atoms with Gasteiger partial charge < -0.3 is 4.90 Å². The first kappa shape index (κ1) is 10.6. The summed E-state index contributed by atoms with van der Waals surface area (Å²) >= 11 is 3.37. The molecule has 2 heterocycles. The maximum Gasteiger partial charge on any atom is 0.185 e. The number of hydrogen-bond donors (Lipinski definition) is 0. The van der Waals surface area contributed by atoms with E-state index in [2.05, 4.69) is 34.2 Å². The van der Waals surface area contributed by atoms with E-state index in [1.165, 1.54) is 0 Å². The van der Waals surface area contributed by atoms with Crippen molar-refractivity contribution in [3.05, 3.63) is 17.3 Å². The van der Waals surface area contributed by atoms with Gasteiger partial charge in [-0.2, -0.15) is 0 Å². The van der Waals surface area contributed by atoms with Gasteiger partial charge in [0.2, 0.25) is 0 Å². The fraction of sp³-hybridized carbons (Fsp3) is 0.400. The standard InChI is InChI=1S/C10H13N3S2/c1-4-13(3)10-11-5-8(15-10)9-12-7(2)6-14-9/h5-6H,4H2,1-3H3. The molecular formula is C10H13N3S2. The zero-order valence-electron chi connectivity index (χ0n) is 9.02. The van der Waals surface area contributed by atoms with Crippen molar-refractivity contribution < 1.29 is 0 Å². The van der Waals surface area contributed by atoms with Crippen LogP contribution in [0.5, 0.6) is 0 Å². The molecule has 0 radical (unpaired) electrons. The lowest BCUT2D eigenvalue weighted by Gasteiger charge is -2.10. The van der Waals surface area contributed by atoms with Crippen molar-refractivity contribution in [3.8, 4) is 9.88 Å². The van der Waals surface area contributed by atoms with Crippen LogP contribution in [0.3, 0.4) is 0 Å². The van der Waals surface area contributed by atoms with Gasteiger partial charge in [-0.25, -0.2) is 9.97 Å². The number of rotatable bonds is 3. The molecule has 0 amide bonds. The Morgan fingerprint density at radius 2 is 2.27 bits per heavy atom. The number of nitrogens with zero attached hydrogens (tertiary/aromatic N) is 3. The van der Waals surface area contributed by atoms with E-state index in [1.807, 2.05) is 13.1 Å². The molecule has 0 bridgehead atoms. The van der Waals surface area contributed by atoms with Crippen LogP contribution in [0.15, 0.2) is 11.6 Å². The Labute approximate surface area is 97.4 Å². The van der Waals surface area contributed by atoms with Crippen LogP contribution in [-0.2, 0) is 0 Å². The summed E-state index contributed by atoms with van der Waals surface area (Å²) in [5.74, 6) is 0. The van der Waals surface area contributed by atoms with E-state index in [9.17, 15) is 0 Å². The number of hydrogen-bond acceptors (Lipinski definition) is 5. The van der Waals surface area contributed by atoms with Gasteiger partial charge in [0.05, 0.1) is 11.1 Å². The quantitative estimate of drug-likeness (QED) is 0.824. The normalized spacial score (nSPS) is 10.6. The van der Waals surface area contributed by atoms with Gasteiger partial charge in [-0.3, -0.25) is 0 Å². The van der Waals surface area contributed by atoms with E-state index < -0.39 is 0 Å². The zero-order chi connectivity index (χ0) is 10.8. The largest absolute Gasteiger partial charge is 0.351 e. The molecule has 0 saturated heterocycles. The molecule has 80 valence electrons. The second kappa shape index (κ2) is 4.28. The molecule has 0 spiro atoms. The minimum Gasteiger partial charge on any atom is -0.351 e. The fourth-order valence-electron chi connectivity index (χ4n) is 1.14. The van der Waals surface area contributed by atoms with Crippen LogP contribution >= 0.6 is 22.7 Å². The molecule has 0 atom stereocenters. The minimum atomic E-state index is 0.976. The molecule has 2 aromatic heterocycles. The Kier molecular flexibility index (Phi) is 3.02. The molecule has 0 aromatic carbocycles. The smallest absolute Gasteiger partial charge is 0.185 e. The maximum atomic E-state index is 4.45. The maximum absolute atomic E-state index is 4.45. The second-order valence-corrected chi connectivity index (χ2v) is 5.18. The monoisotopic (exact) mass is 239 g/mol. The topological polar surface area (TPSA) is 29.0 Å². The molecule has 5 heteroatoms. The summed E-state index contributed by atoms with van der Waals surface area (Å²) in [6.45, 7) is 5.11. The Morgan fingerprint density at radius 1 is 1.47 bits per heavy atom. The third-order valence-corrected chi connectivity index (χ3v) is 4.37. The average molecular weight is 239 g/mol. The lowest BCUT2D eigenvalue weighted by atomic mass is 10.5. The molecule has 0 N–H and O–H groups in total. The first-order chi connectivity index (χ1) is 7.20. The molecule has 2 aromatic rings. The summed E-state index contributed by atoms with van der Waals surface area (Å²) in [4.78, 5) is 12.1. The van der Waals surface area contributed by atoms with Gasteiger partial charge in [-0.05, 0) is 13.8 Å². The SMILES string of the molecule is CCN(C)c1ncc(-c2nc(C)cs2)s1. The Balaban J connectivity index is 2.27. The highest BCUT2D eigenvalue weighted by atomic mass is 32.1. The number of thiazole rings is 2. The van der Waals surface area contributed by atoms with Crippen LogP contribution in [0.4, 0.5) is 5.13 Å². The lowest BCUT2D eigenvalue weighted by molar-refractivity contribution is 0.958. The minimum absolute atomic E-state index is 0.976. The highest BCUT2D eigenvalue weighted by Crippen LogP contribution is 2.32. The van der Waals surface area contributed by atoms with Gasteiger partial charge in [-0.1, -0.05) is 11.3 Å². The van der Waals surface area contributed by atoms with Crippen LogP contribution in [0, 0.1) is 6.92 Å². The summed E-state index contributed by atoms with van der Waals surface area (Å²) < 4.78 is 0. The molecular weight excluding hydrogens is 226 g/mol. The van der Waals surface area contributed by atoms with Crippen molar-refractivity contribution in [1.29, 1.82) is 0 Å².